The molecule has 2 aromatic rings. The maximum absolute atomic E-state index is 11.9. The van der Waals surface area contributed by atoms with Crippen LogP contribution in [0.25, 0.3) is 5.57 Å². The summed E-state index contributed by atoms with van der Waals surface area (Å²) in [5.41, 5.74) is 6.76. The minimum atomic E-state index is -0.341. The molecule has 4 heteroatoms. The third kappa shape index (κ3) is 3.01. The van der Waals surface area contributed by atoms with Crippen LogP contribution in [0.3, 0.4) is 0 Å². The van der Waals surface area contributed by atoms with Crippen molar-refractivity contribution in [2.45, 2.75) is 19.4 Å². The molecule has 0 atom stereocenters. The summed E-state index contributed by atoms with van der Waals surface area (Å²) in [5, 5.41) is 0. The molecule has 1 saturated heterocycles. The Hall–Kier alpha value is -2.59. The number of likely N-dealkylation sites (tertiary alicyclic amines) is 1. The molecule has 4 nitrogen and oxygen atoms in total. The van der Waals surface area contributed by atoms with Gasteiger partial charge in [0.15, 0.2) is 0 Å². The van der Waals surface area contributed by atoms with Crippen molar-refractivity contribution in [1.82, 2.24) is 4.90 Å². The highest BCUT2D eigenvalue weighted by Gasteiger charge is 2.24. The number of fused-ring (bicyclic) bond motifs is 2. The summed E-state index contributed by atoms with van der Waals surface area (Å²) in [6, 6.07) is 14.1. The lowest BCUT2D eigenvalue weighted by molar-refractivity contribution is 0.0600. The van der Waals surface area contributed by atoms with Gasteiger partial charge in [-0.25, -0.2) is 4.79 Å². The minimum Gasteiger partial charge on any atom is -0.488 e. The van der Waals surface area contributed by atoms with E-state index in [-0.39, 0.29) is 5.97 Å². The van der Waals surface area contributed by atoms with E-state index in [1.807, 2.05) is 18.2 Å². The number of carbonyl (C=O) groups excluding carboxylic acids is 1. The lowest BCUT2D eigenvalue weighted by atomic mass is 9.86. The monoisotopic (exact) mass is 349 g/mol. The molecule has 0 N–H and O–H groups in total. The Morgan fingerprint density at radius 3 is 2.62 bits per heavy atom. The number of hydrogen-bond acceptors (Lipinski definition) is 4. The number of ether oxygens (including phenoxy) is 2. The summed E-state index contributed by atoms with van der Waals surface area (Å²) in [6.07, 6.45) is 2.11. The Balaban J connectivity index is 1.89. The van der Waals surface area contributed by atoms with Crippen molar-refractivity contribution in [3.8, 4) is 5.75 Å². The van der Waals surface area contributed by atoms with E-state index >= 15 is 0 Å². The van der Waals surface area contributed by atoms with Gasteiger partial charge in [0.25, 0.3) is 0 Å². The third-order valence-corrected chi connectivity index (χ3v) is 5.29. The van der Waals surface area contributed by atoms with Crippen LogP contribution >= 0.6 is 0 Å². The van der Waals surface area contributed by atoms with E-state index in [0.29, 0.717) is 12.2 Å². The summed E-state index contributed by atoms with van der Waals surface area (Å²) < 4.78 is 11.0. The molecule has 1 fully saturated rings. The van der Waals surface area contributed by atoms with Gasteiger partial charge < -0.3 is 14.4 Å². The molecule has 4 rings (SSSR count). The number of benzene rings is 2. The van der Waals surface area contributed by atoms with Crippen LogP contribution < -0.4 is 4.74 Å². The first-order chi connectivity index (χ1) is 12.7. The molecule has 0 spiro atoms. The lowest BCUT2D eigenvalue weighted by Gasteiger charge is -2.27. The van der Waals surface area contributed by atoms with Crippen LogP contribution in [0.5, 0.6) is 5.75 Å². The van der Waals surface area contributed by atoms with Crippen molar-refractivity contribution >= 4 is 11.5 Å². The summed E-state index contributed by atoms with van der Waals surface area (Å²) in [4.78, 5) is 14.3. The predicted molar refractivity (Wildman–Crippen MR) is 101 cm³/mol. The van der Waals surface area contributed by atoms with Crippen molar-refractivity contribution in [2.24, 2.45) is 0 Å². The van der Waals surface area contributed by atoms with Crippen molar-refractivity contribution < 1.29 is 14.3 Å². The van der Waals surface area contributed by atoms with Crippen LogP contribution in [-0.2, 0) is 11.3 Å². The Labute approximate surface area is 154 Å². The average Bonchev–Trinajstić information content (AvgIpc) is 2.84. The van der Waals surface area contributed by atoms with Gasteiger partial charge in [0.2, 0.25) is 0 Å². The van der Waals surface area contributed by atoms with Crippen LogP contribution in [0.15, 0.2) is 48.0 Å². The zero-order chi connectivity index (χ0) is 18.1. The van der Waals surface area contributed by atoms with Gasteiger partial charge in [-0.05, 0) is 54.8 Å². The molecule has 0 bridgehead atoms. The van der Waals surface area contributed by atoms with Crippen molar-refractivity contribution in [3.63, 3.8) is 0 Å². The Kier molecular flexibility index (Phi) is 4.51. The van der Waals surface area contributed by atoms with Crippen LogP contribution in [0, 0.1) is 0 Å². The molecule has 2 heterocycles. The summed E-state index contributed by atoms with van der Waals surface area (Å²) in [6.45, 7) is 2.64. The van der Waals surface area contributed by atoms with Gasteiger partial charge in [-0.15, -0.1) is 0 Å². The predicted octanol–water partition coefficient (Wildman–Crippen LogP) is 3.89. The van der Waals surface area contributed by atoms with E-state index in [1.54, 1.807) is 0 Å². The maximum Gasteiger partial charge on any atom is 0.337 e. The van der Waals surface area contributed by atoms with Crippen molar-refractivity contribution in [2.75, 3.05) is 27.2 Å². The molecule has 2 aromatic carbocycles. The zero-order valence-corrected chi connectivity index (χ0v) is 15.2. The molecule has 2 aliphatic heterocycles. The largest absolute Gasteiger partial charge is 0.488 e. The summed E-state index contributed by atoms with van der Waals surface area (Å²) >= 11 is 0. The number of nitrogens with zero attached hydrogens (tertiary/aromatic N) is 1. The fraction of sp³-hybridized carbons (Fsp3) is 0.318. The molecular formula is C22H23NO3. The van der Waals surface area contributed by atoms with Gasteiger partial charge in [0, 0.05) is 18.7 Å². The van der Waals surface area contributed by atoms with Crippen LogP contribution in [0.4, 0.5) is 0 Å². The summed E-state index contributed by atoms with van der Waals surface area (Å²) in [7, 11) is 3.57. The second-order valence-corrected chi connectivity index (χ2v) is 6.93. The highest BCUT2D eigenvalue weighted by Crippen LogP contribution is 2.41. The van der Waals surface area contributed by atoms with E-state index in [0.717, 1.165) is 37.2 Å². The standard InChI is InChI=1S/C22H23NO3/c1-23-11-9-15(10-12-23)21-18-6-4-3-5-17(18)14-26-20-13-16(22(24)25-2)7-8-19(20)21/h3-8,13H,9-12,14H2,1-2H3. The number of esters is 1. The Morgan fingerprint density at radius 1 is 1.08 bits per heavy atom. The Bertz CT molecular complexity index is 875. The molecule has 2 aliphatic rings. The highest BCUT2D eigenvalue weighted by molar-refractivity contribution is 5.93. The molecular weight excluding hydrogens is 326 g/mol. The molecule has 0 saturated carbocycles. The maximum atomic E-state index is 11.9. The molecule has 0 amide bonds. The van der Waals surface area contributed by atoms with E-state index in [1.165, 1.54) is 29.4 Å². The van der Waals surface area contributed by atoms with Gasteiger partial charge in [0.05, 0.1) is 12.7 Å². The number of carbonyl (C=O) groups is 1. The minimum absolute atomic E-state index is 0.341. The SMILES string of the molecule is COC(=O)c1ccc2c(c1)OCc1ccccc1C2=C1CCN(C)CC1. The topological polar surface area (TPSA) is 38.8 Å². The van der Waals surface area contributed by atoms with Gasteiger partial charge >= 0.3 is 5.97 Å². The zero-order valence-electron chi connectivity index (χ0n) is 15.2. The van der Waals surface area contributed by atoms with E-state index in [4.69, 9.17) is 9.47 Å². The highest BCUT2D eigenvalue weighted by atomic mass is 16.5. The first kappa shape index (κ1) is 16.9. The molecule has 134 valence electrons. The van der Waals surface area contributed by atoms with E-state index < -0.39 is 0 Å². The van der Waals surface area contributed by atoms with Gasteiger partial charge in [-0.3, -0.25) is 0 Å². The quantitative estimate of drug-likeness (QED) is 0.732. The van der Waals surface area contributed by atoms with E-state index in [2.05, 4.69) is 36.2 Å². The molecule has 0 aliphatic carbocycles. The second-order valence-electron chi connectivity index (χ2n) is 6.93. The van der Waals surface area contributed by atoms with Gasteiger partial charge in [-0.1, -0.05) is 29.8 Å². The fourth-order valence-corrected chi connectivity index (χ4v) is 3.80. The van der Waals surface area contributed by atoms with Gasteiger partial charge in [0.1, 0.15) is 12.4 Å². The first-order valence-corrected chi connectivity index (χ1v) is 9.02. The fourth-order valence-electron chi connectivity index (χ4n) is 3.80. The second kappa shape index (κ2) is 6.96. The number of methoxy groups -OCH3 is 1. The first-order valence-electron chi connectivity index (χ1n) is 9.02. The number of hydrogen-bond donors (Lipinski definition) is 0. The Morgan fingerprint density at radius 2 is 1.85 bits per heavy atom. The average molecular weight is 349 g/mol. The van der Waals surface area contributed by atoms with Crippen molar-refractivity contribution in [1.29, 1.82) is 0 Å². The summed E-state index contributed by atoms with van der Waals surface area (Å²) in [5.74, 6) is 0.414. The lowest BCUT2D eigenvalue weighted by Crippen LogP contribution is -2.27. The molecule has 0 unspecified atom stereocenters. The number of piperidine rings is 1. The third-order valence-electron chi connectivity index (χ3n) is 5.29. The van der Waals surface area contributed by atoms with Crippen LogP contribution in [0.2, 0.25) is 0 Å². The normalized spacial score (nSPS) is 17.0. The van der Waals surface area contributed by atoms with Crippen LogP contribution in [-0.4, -0.2) is 38.1 Å². The molecule has 26 heavy (non-hydrogen) atoms. The van der Waals surface area contributed by atoms with Crippen LogP contribution in [0.1, 0.15) is 39.9 Å². The van der Waals surface area contributed by atoms with Crippen molar-refractivity contribution in [3.05, 3.63) is 70.3 Å². The molecule has 0 radical (unpaired) electrons. The van der Waals surface area contributed by atoms with E-state index in [9.17, 15) is 4.79 Å². The van der Waals surface area contributed by atoms with Gasteiger partial charge in [-0.2, -0.15) is 0 Å². The number of rotatable bonds is 1. The smallest absolute Gasteiger partial charge is 0.337 e. The molecule has 0 aromatic heterocycles.